The van der Waals surface area contributed by atoms with Crippen LogP contribution in [0.5, 0.6) is 5.75 Å². The summed E-state index contributed by atoms with van der Waals surface area (Å²) in [5, 5.41) is 11.4. The molecule has 34 heavy (non-hydrogen) atoms. The molecular weight excluding hydrogens is 446 g/mol. The first-order chi connectivity index (χ1) is 16.1. The molecule has 0 unspecified atom stereocenters. The van der Waals surface area contributed by atoms with Crippen LogP contribution in [0.4, 0.5) is 0 Å². The van der Waals surface area contributed by atoms with Gasteiger partial charge in [0.15, 0.2) is 0 Å². The number of aliphatic carboxylic acids is 1. The van der Waals surface area contributed by atoms with Gasteiger partial charge in [0.2, 0.25) is 0 Å². The molecule has 0 aliphatic heterocycles. The van der Waals surface area contributed by atoms with E-state index in [0.29, 0.717) is 4.88 Å². The first-order valence-corrected chi connectivity index (χ1v) is 12.4. The van der Waals surface area contributed by atoms with Crippen LogP contribution in [-0.2, 0) is 10.2 Å². The Morgan fingerprint density at radius 2 is 1.76 bits per heavy atom. The number of carbonyl (C=O) groups excluding carboxylic acids is 1. The fraction of sp³-hybridized carbons (Fsp3) is 0.357. The van der Waals surface area contributed by atoms with Crippen LogP contribution in [0, 0.1) is 6.92 Å². The van der Waals surface area contributed by atoms with E-state index in [2.05, 4.69) is 76.3 Å². The number of carboxylic acids is 1. The lowest BCUT2D eigenvalue weighted by atomic mass is 9.86. The molecule has 3 aromatic rings. The van der Waals surface area contributed by atoms with Crippen LogP contribution in [0.2, 0.25) is 0 Å². The molecule has 0 saturated heterocycles. The summed E-state index contributed by atoms with van der Waals surface area (Å²) in [5.74, 6) is -0.403. The van der Waals surface area contributed by atoms with Gasteiger partial charge in [-0.05, 0) is 65.3 Å². The monoisotopic (exact) mass is 479 g/mol. The van der Waals surface area contributed by atoms with E-state index in [1.807, 2.05) is 12.1 Å². The van der Waals surface area contributed by atoms with Gasteiger partial charge in [0.05, 0.1) is 11.3 Å². The van der Waals surface area contributed by atoms with Crippen LogP contribution in [0.15, 0.2) is 54.6 Å². The molecule has 0 spiro atoms. The maximum atomic E-state index is 12.3. The average molecular weight is 480 g/mol. The Morgan fingerprint density at radius 3 is 2.35 bits per heavy atom. The van der Waals surface area contributed by atoms with Crippen molar-refractivity contribution in [3.05, 3.63) is 75.5 Å². The Bertz CT molecular complexity index is 1140. The number of hydrogen-bond acceptors (Lipinski definition) is 4. The second kappa shape index (κ2) is 10.9. The molecule has 0 fully saturated rings. The van der Waals surface area contributed by atoms with E-state index in [1.165, 1.54) is 28.0 Å². The molecule has 0 aliphatic rings. The fourth-order valence-corrected chi connectivity index (χ4v) is 4.75. The van der Waals surface area contributed by atoms with Crippen LogP contribution in [0.3, 0.4) is 0 Å². The zero-order valence-corrected chi connectivity index (χ0v) is 21.3. The van der Waals surface area contributed by atoms with E-state index >= 15 is 0 Å². The summed E-state index contributed by atoms with van der Waals surface area (Å²) in [7, 11) is 0. The number of nitrogens with one attached hydrogen (secondary N) is 1. The van der Waals surface area contributed by atoms with Gasteiger partial charge in [0.1, 0.15) is 11.9 Å². The van der Waals surface area contributed by atoms with Gasteiger partial charge in [0, 0.05) is 11.4 Å². The summed E-state index contributed by atoms with van der Waals surface area (Å²) in [4.78, 5) is 24.4. The van der Waals surface area contributed by atoms with Crippen LogP contribution in [-0.4, -0.2) is 23.5 Å². The van der Waals surface area contributed by atoms with E-state index in [4.69, 9.17) is 9.84 Å². The lowest BCUT2D eigenvalue weighted by Gasteiger charge is -2.20. The third-order valence-electron chi connectivity index (χ3n) is 5.70. The number of hydrogen-bond donors (Lipinski definition) is 2. The third-order valence-corrected chi connectivity index (χ3v) is 6.88. The summed E-state index contributed by atoms with van der Waals surface area (Å²) in [6, 6.07) is 18.6. The molecular formula is C28H33NO4S. The van der Waals surface area contributed by atoms with Crippen molar-refractivity contribution in [3.63, 3.8) is 0 Å². The first-order valence-electron chi connectivity index (χ1n) is 11.6. The van der Waals surface area contributed by atoms with Gasteiger partial charge in [-0.15, -0.1) is 11.3 Å². The molecule has 0 radical (unpaired) electrons. The molecule has 1 aromatic heterocycles. The van der Waals surface area contributed by atoms with Crippen molar-refractivity contribution in [3.8, 4) is 16.9 Å². The summed E-state index contributed by atoms with van der Waals surface area (Å²) < 4.78 is 6.29. The topological polar surface area (TPSA) is 75.6 Å². The minimum Gasteiger partial charge on any atom is -0.485 e. The van der Waals surface area contributed by atoms with E-state index < -0.39 is 5.97 Å². The number of ether oxygens (including phenoxy) is 1. The van der Waals surface area contributed by atoms with Crippen molar-refractivity contribution in [2.75, 3.05) is 6.54 Å². The van der Waals surface area contributed by atoms with Crippen molar-refractivity contribution in [1.29, 1.82) is 0 Å². The predicted molar refractivity (Wildman–Crippen MR) is 138 cm³/mol. The van der Waals surface area contributed by atoms with Crippen LogP contribution >= 0.6 is 11.3 Å². The smallest absolute Gasteiger partial charge is 0.305 e. The molecule has 3 rings (SSSR count). The highest BCUT2D eigenvalue weighted by atomic mass is 32.1. The second-order valence-corrected chi connectivity index (χ2v) is 10.5. The van der Waals surface area contributed by atoms with E-state index in [9.17, 15) is 9.59 Å². The molecule has 1 atom stereocenters. The predicted octanol–water partition coefficient (Wildman–Crippen LogP) is 6.76. The van der Waals surface area contributed by atoms with E-state index in [0.717, 1.165) is 22.6 Å². The van der Waals surface area contributed by atoms with Crippen LogP contribution in [0.1, 0.15) is 72.3 Å². The molecule has 5 nitrogen and oxygen atoms in total. The summed E-state index contributed by atoms with van der Waals surface area (Å²) in [6.07, 6.45) is 0.498. The molecule has 0 saturated carbocycles. The van der Waals surface area contributed by atoms with Crippen molar-refractivity contribution < 1.29 is 19.4 Å². The third kappa shape index (κ3) is 6.48. The quantitative estimate of drug-likeness (QED) is 0.356. The number of thiophene rings is 1. The largest absolute Gasteiger partial charge is 0.485 e. The van der Waals surface area contributed by atoms with Gasteiger partial charge in [-0.1, -0.05) is 58.0 Å². The summed E-state index contributed by atoms with van der Waals surface area (Å²) in [6.45, 7) is 10.9. The minimum atomic E-state index is -0.935. The van der Waals surface area contributed by atoms with Crippen molar-refractivity contribution in [2.24, 2.45) is 0 Å². The number of aryl methyl sites for hydroxylation is 1. The highest BCUT2D eigenvalue weighted by Gasteiger charge is 2.18. The number of carbonyl (C=O) groups is 2. The lowest BCUT2D eigenvalue weighted by Crippen LogP contribution is -2.25. The number of rotatable bonds is 9. The Balaban J connectivity index is 1.70. The number of benzene rings is 2. The van der Waals surface area contributed by atoms with Crippen molar-refractivity contribution in [2.45, 2.75) is 59.0 Å². The molecule has 1 heterocycles. The zero-order chi connectivity index (χ0) is 24.9. The molecule has 2 aromatic carbocycles. The maximum absolute atomic E-state index is 12.3. The van der Waals surface area contributed by atoms with Crippen LogP contribution < -0.4 is 10.1 Å². The minimum absolute atomic E-state index is 0.0965. The normalized spacial score (nSPS) is 12.3. The molecule has 1 amide bonds. The summed E-state index contributed by atoms with van der Waals surface area (Å²) >= 11 is 1.37. The molecule has 0 bridgehead atoms. The van der Waals surface area contributed by atoms with E-state index in [-0.39, 0.29) is 30.4 Å². The van der Waals surface area contributed by atoms with Crippen LogP contribution in [0.25, 0.3) is 11.1 Å². The lowest BCUT2D eigenvalue weighted by molar-refractivity contribution is -0.136. The Hall–Kier alpha value is -3.12. The second-order valence-electron chi connectivity index (χ2n) is 9.42. The highest BCUT2D eigenvalue weighted by Crippen LogP contribution is 2.33. The fourth-order valence-electron chi connectivity index (χ4n) is 3.71. The molecule has 6 heteroatoms. The zero-order valence-electron chi connectivity index (χ0n) is 20.5. The van der Waals surface area contributed by atoms with Gasteiger partial charge < -0.3 is 15.2 Å². The Kier molecular flexibility index (Phi) is 8.15. The SMILES string of the molecule is CC[C@@H](Oc1ccc(-c2ccc(C(C)(C)C)cc2)c(C)c1)c1ccc(C(=O)NCCC(=O)O)s1. The Morgan fingerprint density at radius 1 is 1.06 bits per heavy atom. The first kappa shape index (κ1) is 25.5. The van der Waals surface area contributed by atoms with Crippen molar-refractivity contribution >= 4 is 23.2 Å². The van der Waals surface area contributed by atoms with E-state index in [1.54, 1.807) is 6.07 Å². The maximum Gasteiger partial charge on any atom is 0.305 e. The van der Waals surface area contributed by atoms with Gasteiger partial charge in [-0.25, -0.2) is 0 Å². The number of amides is 1. The highest BCUT2D eigenvalue weighted by molar-refractivity contribution is 7.14. The average Bonchev–Trinajstić information content (AvgIpc) is 3.27. The number of carboxylic acid groups (broad SMARTS) is 1. The molecule has 2 N–H and O–H groups in total. The van der Waals surface area contributed by atoms with Crippen molar-refractivity contribution in [1.82, 2.24) is 5.32 Å². The standard InChI is InChI=1S/C28H33NO4S/c1-6-23(24-13-14-25(34-24)27(32)29-16-15-26(30)31)33-21-11-12-22(18(2)17-21)19-7-9-20(10-8-19)28(3,4)5/h7-14,17,23H,6,15-16H2,1-5H3,(H,29,32)(H,30,31)/t23-/m1/s1. The molecule has 0 aliphatic carbocycles. The van der Waals surface area contributed by atoms with Gasteiger partial charge in [-0.3, -0.25) is 9.59 Å². The summed E-state index contributed by atoms with van der Waals surface area (Å²) in [5.41, 5.74) is 4.94. The molecule has 180 valence electrons. The van der Waals surface area contributed by atoms with Gasteiger partial charge >= 0.3 is 5.97 Å². The van der Waals surface area contributed by atoms with Gasteiger partial charge in [-0.2, -0.15) is 0 Å². The Labute approximate surface area is 205 Å². The van der Waals surface area contributed by atoms with Gasteiger partial charge in [0.25, 0.3) is 5.91 Å².